The van der Waals surface area contributed by atoms with Gasteiger partial charge in [-0.15, -0.1) is 0 Å². The SMILES string of the molecule is CN(Cc1cccc(OCCO)c1)C[C@H]1Cc2ccccc2O1. The first kappa shape index (κ1) is 15.8. The van der Waals surface area contributed by atoms with E-state index in [9.17, 15) is 0 Å². The number of likely N-dealkylation sites (N-methyl/N-ethyl adjacent to an activating group) is 1. The van der Waals surface area contributed by atoms with Crippen LogP contribution in [0.2, 0.25) is 0 Å². The molecule has 0 bridgehead atoms. The average Bonchev–Trinajstić information content (AvgIpc) is 2.95. The Morgan fingerprint density at radius 1 is 1.22 bits per heavy atom. The van der Waals surface area contributed by atoms with Gasteiger partial charge in [-0.3, -0.25) is 4.90 Å². The largest absolute Gasteiger partial charge is 0.491 e. The third-order valence-corrected chi connectivity index (χ3v) is 3.94. The van der Waals surface area contributed by atoms with E-state index in [2.05, 4.69) is 30.1 Å². The van der Waals surface area contributed by atoms with Crippen molar-refractivity contribution in [2.24, 2.45) is 0 Å². The Kier molecular flexibility index (Phi) is 5.16. The Labute approximate surface area is 137 Å². The van der Waals surface area contributed by atoms with Crippen molar-refractivity contribution in [3.05, 3.63) is 59.7 Å². The van der Waals surface area contributed by atoms with Gasteiger partial charge < -0.3 is 14.6 Å². The molecule has 1 heterocycles. The molecule has 0 aromatic heterocycles. The summed E-state index contributed by atoms with van der Waals surface area (Å²) in [5.74, 6) is 1.82. The van der Waals surface area contributed by atoms with Crippen molar-refractivity contribution >= 4 is 0 Å². The maximum absolute atomic E-state index is 8.83. The number of aliphatic hydroxyl groups excluding tert-OH is 1. The van der Waals surface area contributed by atoms with Crippen LogP contribution in [0.1, 0.15) is 11.1 Å². The molecule has 1 N–H and O–H groups in total. The quantitative estimate of drug-likeness (QED) is 0.853. The van der Waals surface area contributed by atoms with Crippen LogP contribution in [0.15, 0.2) is 48.5 Å². The van der Waals surface area contributed by atoms with Gasteiger partial charge in [0.25, 0.3) is 0 Å². The Bertz CT molecular complexity index is 619. The van der Waals surface area contributed by atoms with Crippen LogP contribution in [0.25, 0.3) is 0 Å². The van der Waals surface area contributed by atoms with Crippen molar-refractivity contribution < 1.29 is 14.6 Å². The van der Waals surface area contributed by atoms with E-state index >= 15 is 0 Å². The highest BCUT2D eigenvalue weighted by Gasteiger charge is 2.23. The molecule has 0 aliphatic carbocycles. The van der Waals surface area contributed by atoms with E-state index in [0.29, 0.717) is 6.61 Å². The van der Waals surface area contributed by atoms with Crippen LogP contribution < -0.4 is 9.47 Å². The number of hydrogen-bond donors (Lipinski definition) is 1. The fourth-order valence-corrected chi connectivity index (χ4v) is 2.98. The second-order valence-electron chi connectivity index (χ2n) is 5.97. The maximum Gasteiger partial charge on any atom is 0.123 e. The summed E-state index contributed by atoms with van der Waals surface area (Å²) in [5.41, 5.74) is 2.49. The first-order valence-electron chi connectivity index (χ1n) is 8.00. The molecular formula is C19H23NO3. The zero-order valence-corrected chi connectivity index (χ0v) is 13.4. The summed E-state index contributed by atoms with van der Waals surface area (Å²) in [7, 11) is 2.10. The summed E-state index contributed by atoms with van der Waals surface area (Å²) in [6.45, 7) is 2.08. The predicted octanol–water partition coefficient (Wildman–Crippen LogP) is 2.49. The van der Waals surface area contributed by atoms with E-state index in [1.54, 1.807) is 0 Å². The highest BCUT2D eigenvalue weighted by atomic mass is 16.5. The number of fused-ring (bicyclic) bond motifs is 1. The van der Waals surface area contributed by atoms with Gasteiger partial charge in [0.05, 0.1) is 6.61 Å². The van der Waals surface area contributed by atoms with Crippen LogP contribution in [0.5, 0.6) is 11.5 Å². The molecule has 0 spiro atoms. The summed E-state index contributed by atoms with van der Waals surface area (Å²) >= 11 is 0. The second-order valence-corrected chi connectivity index (χ2v) is 5.97. The van der Waals surface area contributed by atoms with Gasteiger partial charge in [-0.25, -0.2) is 0 Å². The summed E-state index contributed by atoms with van der Waals surface area (Å²) < 4.78 is 11.5. The van der Waals surface area contributed by atoms with Crippen molar-refractivity contribution in [3.8, 4) is 11.5 Å². The van der Waals surface area contributed by atoms with Gasteiger partial charge >= 0.3 is 0 Å². The Balaban J connectivity index is 1.53. The smallest absolute Gasteiger partial charge is 0.123 e. The lowest BCUT2D eigenvalue weighted by molar-refractivity contribution is 0.165. The molecule has 4 nitrogen and oxygen atoms in total. The van der Waals surface area contributed by atoms with E-state index in [1.807, 2.05) is 30.3 Å². The van der Waals surface area contributed by atoms with E-state index in [4.69, 9.17) is 14.6 Å². The highest BCUT2D eigenvalue weighted by Crippen LogP contribution is 2.28. The molecule has 4 heteroatoms. The number of para-hydroxylation sites is 1. The van der Waals surface area contributed by atoms with E-state index in [-0.39, 0.29) is 12.7 Å². The van der Waals surface area contributed by atoms with Crippen LogP contribution in [-0.4, -0.2) is 42.9 Å². The fourth-order valence-electron chi connectivity index (χ4n) is 2.98. The van der Waals surface area contributed by atoms with Crippen LogP contribution in [-0.2, 0) is 13.0 Å². The minimum Gasteiger partial charge on any atom is -0.491 e. The van der Waals surface area contributed by atoms with E-state index in [0.717, 1.165) is 31.0 Å². The highest BCUT2D eigenvalue weighted by molar-refractivity contribution is 5.37. The molecule has 1 atom stereocenters. The fraction of sp³-hybridized carbons (Fsp3) is 0.368. The molecule has 1 aliphatic heterocycles. The van der Waals surface area contributed by atoms with E-state index < -0.39 is 0 Å². The molecular weight excluding hydrogens is 290 g/mol. The summed E-state index contributed by atoms with van der Waals surface area (Å²) in [4.78, 5) is 2.27. The van der Waals surface area contributed by atoms with Crippen molar-refractivity contribution in [1.29, 1.82) is 0 Å². The number of ether oxygens (including phenoxy) is 2. The normalized spacial score (nSPS) is 16.2. The van der Waals surface area contributed by atoms with Gasteiger partial charge in [-0.1, -0.05) is 30.3 Å². The monoisotopic (exact) mass is 313 g/mol. The first-order valence-corrected chi connectivity index (χ1v) is 8.00. The molecule has 2 aromatic rings. The first-order chi connectivity index (χ1) is 11.2. The topological polar surface area (TPSA) is 41.9 Å². The van der Waals surface area contributed by atoms with Crippen LogP contribution in [0.3, 0.4) is 0 Å². The predicted molar refractivity (Wildman–Crippen MR) is 89.9 cm³/mol. The number of benzene rings is 2. The molecule has 2 aromatic carbocycles. The summed E-state index contributed by atoms with van der Waals surface area (Å²) in [6.07, 6.45) is 1.19. The molecule has 0 unspecified atom stereocenters. The zero-order valence-electron chi connectivity index (χ0n) is 13.4. The third kappa shape index (κ3) is 4.24. The van der Waals surface area contributed by atoms with Gasteiger partial charge in [0, 0.05) is 19.5 Å². The standard InChI is InChI=1S/C19H23NO3/c1-20(13-15-5-4-7-17(11-15)22-10-9-21)14-18-12-16-6-2-3-8-19(16)23-18/h2-8,11,18,21H,9-10,12-14H2,1H3/t18-/m1/s1. The number of rotatable bonds is 7. The van der Waals surface area contributed by atoms with Gasteiger partial charge in [-0.05, 0) is 36.4 Å². The van der Waals surface area contributed by atoms with Gasteiger partial charge in [0.2, 0.25) is 0 Å². The van der Waals surface area contributed by atoms with Crippen LogP contribution >= 0.6 is 0 Å². The van der Waals surface area contributed by atoms with Crippen LogP contribution in [0.4, 0.5) is 0 Å². The Morgan fingerprint density at radius 3 is 2.91 bits per heavy atom. The molecule has 0 fully saturated rings. The van der Waals surface area contributed by atoms with Gasteiger partial charge in [-0.2, -0.15) is 0 Å². The Morgan fingerprint density at radius 2 is 2.09 bits per heavy atom. The summed E-state index contributed by atoms with van der Waals surface area (Å²) in [6, 6.07) is 16.3. The second kappa shape index (κ2) is 7.49. The van der Waals surface area contributed by atoms with Gasteiger partial charge in [0.15, 0.2) is 0 Å². The Hall–Kier alpha value is -2.04. The van der Waals surface area contributed by atoms with Crippen molar-refractivity contribution in [2.45, 2.75) is 19.1 Å². The minimum atomic E-state index is 0.0315. The molecule has 23 heavy (non-hydrogen) atoms. The van der Waals surface area contributed by atoms with Gasteiger partial charge in [0.1, 0.15) is 24.2 Å². The minimum absolute atomic E-state index is 0.0315. The lowest BCUT2D eigenvalue weighted by Crippen LogP contribution is -2.31. The summed E-state index contributed by atoms with van der Waals surface area (Å²) in [5, 5.41) is 8.83. The average molecular weight is 313 g/mol. The van der Waals surface area contributed by atoms with Crippen molar-refractivity contribution in [3.63, 3.8) is 0 Å². The number of aliphatic hydroxyl groups is 1. The van der Waals surface area contributed by atoms with Crippen LogP contribution in [0, 0.1) is 0 Å². The zero-order chi connectivity index (χ0) is 16.1. The van der Waals surface area contributed by atoms with E-state index in [1.165, 1.54) is 11.1 Å². The molecule has 0 saturated carbocycles. The third-order valence-electron chi connectivity index (χ3n) is 3.94. The molecule has 0 amide bonds. The lowest BCUT2D eigenvalue weighted by atomic mass is 10.1. The maximum atomic E-state index is 8.83. The molecule has 1 aliphatic rings. The molecule has 0 radical (unpaired) electrons. The molecule has 122 valence electrons. The number of nitrogens with zero attached hydrogens (tertiary/aromatic N) is 1. The molecule has 3 rings (SSSR count). The lowest BCUT2D eigenvalue weighted by Gasteiger charge is -2.21. The van der Waals surface area contributed by atoms with Crippen molar-refractivity contribution in [2.75, 3.05) is 26.8 Å². The molecule has 0 saturated heterocycles. The number of hydrogen-bond acceptors (Lipinski definition) is 4. The van der Waals surface area contributed by atoms with Crippen molar-refractivity contribution in [1.82, 2.24) is 4.90 Å².